The third-order valence-electron chi connectivity index (χ3n) is 3.49. The van der Waals surface area contributed by atoms with Crippen molar-refractivity contribution in [2.75, 3.05) is 32.8 Å². The Kier molecular flexibility index (Phi) is 9.30. The highest BCUT2D eigenvalue weighted by molar-refractivity contribution is 5.97. The van der Waals surface area contributed by atoms with Gasteiger partial charge in [0.15, 0.2) is 0 Å². The maximum Gasteiger partial charge on any atom is 0.265 e. The van der Waals surface area contributed by atoms with Crippen molar-refractivity contribution < 1.29 is 9.53 Å². The van der Waals surface area contributed by atoms with Crippen LogP contribution < -0.4 is 5.32 Å². The number of hydrogen-bond acceptors (Lipinski definition) is 4. The van der Waals surface area contributed by atoms with E-state index < -0.39 is 0 Å². The van der Waals surface area contributed by atoms with Crippen molar-refractivity contribution in [1.29, 1.82) is 5.26 Å². The van der Waals surface area contributed by atoms with E-state index in [-0.39, 0.29) is 11.5 Å². The fraction of sp³-hybridized carbons (Fsp3) is 0.750. The van der Waals surface area contributed by atoms with Crippen LogP contribution in [0.4, 0.5) is 0 Å². The lowest BCUT2D eigenvalue weighted by molar-refractivity contribution is -0.127. The van der Waals surface area contributed by atoms with Crippen molar-refractivity contribution in [2.24, 2.45) is 0 Å². The minimum absolute atomic E-state index is 0.149. The van der Waals surface area contributed by atoms with Crippen LogP contribution in [0.2, 0.25) is 0 Å². The van der Waals surface area contributed by atoms with Crippen molar-refractivity contribution in [3.8, 4) is 6.07 Å². The SMILES string of the molecule is CCCCOCCCN/C=C(/C#N)C(=O)N1CCCCC1. The summed E-state index contributed by atoms with van der Waals surface area (Å²) in [5.41, 5.74) is 0.198. The van der Waals surface area contributed by atoms with E-state index in [9.17, 15) is 4.79 Å². The molecule has 0 saturated carbocycles. The van der Waals surface area contributed by atoms with Crippen molar-refractivity contribution in [3.63, 3.8) is 0 Å². The van der Waals surface area contributed by atoms with E-state index in [1.54, 1.807) is 11.1 Å². The molecule has 0 aromatic carbocycles. The normalized spacial score (nSPS) is 15.6. The van der Waals surface area contributed by atoms with Crippen LogP contribution in [0.15, 0.2) is 11.8 Å². The van der Waals surface area contributed by atoms with E-state index in [1.807, 2.05) is 6.07 Å². The van der Waals surface area contributed by atoms with Crippen molar-refractivity contribution in [3.05, 3.63) is 11.8 Å². The second kappa shape index (κ2) is 11.2. The minimum atomic E-state index is -0.149. The number of likely N-dealkylation sites (tertiary alicyclic amines) is 1. The molecule has 0 spiro atoms. The van der Waals surface area contributed by atoms with Crippen molar-refractivity contribution >= 4 is 5.91 Å². The maximum absolute atomic E-state index is 12.1. The van der Waals surface area contributed by atoms with Gasteiger partial charge in [0, 0.05) is 39.0 Å². The Morgan fingerprint density at radius 3 is 2.67 bits per heavy atom. The number of hydrogen-bond donors (Lipinski definition) is 1. The van der Waals surface area contributed by atoms with Gasteiger partial charge in [-0.3, -0.25) is 4.79 Å². The monoisotopic (exact) mass is 293 g/mol. The Labute approximate surface area is 127 Å². The van der Waals surface area contributed by atoms with Gasteiger partial charge >= 0.3 is 0 Å². The molecule has 1 rings (SSSR count). The summed E-state index contributed by atoms with van der Waals surface area (Å²) in [5.74, 6) is -0.149. The molecule has 0 bridgehead atoms. The highest BCUT2D eigenvalue weighted by Crippen LogP contribution is 2.11. The first-order valence-electron chi connectivity index (χ1n) is 8.00. The number of rotatable bonds is 9. The zero-order chi connectivity index (χ0) is 15.3. The molecule has 1 amide bonds. The van der Waals surface area contributed by atoms with E-state index in [4.69, 9.17) is 10.00 Å². The lowest BCUT2D eigenvalue weighted by Crippen LogP contribution is -2.36. The van der Waals surface area contributed by atoms with Gasteiger partial charge in [0.1, 0.15) is 11.6 Å². The highest BCUT2D eigenvalue weighted by atomic mass is 16.5. The standard InChI is InChI=1S/C16H27N3O2/c1-2-3-11-21-12-7-8-18-14-15(13-17)16(20)19-9-5-4-6-10-19/h14,18H,2-12H2,1H3/b15-14-. The highest BCUT2D eigenvalue weighted by Gasteiger charge is 2.19. The first kappa shape index (κ1) is 17.5. The zero-order valence-corrected chi connectivity index (χ0v) is 13.1. The van der Waals surface area contributed by atoms with E-state index in [2.05, 4.69) is 12.2 Å². The summed E-state index contributed by atoms with van der Waals surface area (Å²) in [4.78, 5) is 13.9. The third-order valence-corrected chi connectivity index (χ3v) is 3.49. The molecule has 0 aliphatic carbocycles. The first-order chi connectivity index (χ1) is 10.3. The third kappa shape index (κ3) is 7.14. The molecule has 5 nitrogen and oxygen atoms in total. The first-order valence-corrected chi connectivity index (χ1v) is 8.00. The molecule has 1 N–H and O–H groups in total. The Hall–Kier alpha value is -1.54. The van der Waals surface area contributed by atoms with Crippen LogP contribution in [0.25, 0.3) is 0 Å². The van der Waals surface area contributed by atoms with Crippen LogP contribution in [0.1, 0.15) is 45.4 Å². The summed E-state index contributed by atoms with van der Waals surface area (Å²) in [6.45, 7) is 5.90. The molecule has 1 aliphatic rings. The van der Waals surface area contributed by atoms with Crippen molar-refractivity contribution in [1.82, 2.24) is 10.2 Å². The van der Waals surface area contributed by atoms with Gasteiger partial charge in [-0.2, -0.15) is 5.26 Å². The van der Waals surface area contributed by atoms with E-state index >= 15 is 0 Å². The molecule has 1 saturated heterocycles. The van der Waals surface area contributed by atoms with Crippen LogP contribution in [0.5, 0.6) is 0 Å². The zero-order valence-electron chi connectivity index (χ0n) is 13.1. The number of piperidine rings is 1. The fourth-order valence-corrected chi connectivity index (χ4v) is 2.21. The number of carbonyl (C=O) groups excluding carboxylic acids is 1. The Morgan fingerprint density at radius 1 is 1.29 bits per heavy atom. The van der Waals surface area contributed by atoms with Gasteiger partial charge < -0.3 is 15.0 Å². The molecule has 0 radical (unpaired) electrons. The van der Waals surface area contributed by atoms with Gasteiger partial charge in [-0.1, -0.05) is 13.3 Å². The van der Waals surface area contributed by atoms with Gasteiger partial charge in [-0.05, 0) is 32.1 Å². The summed E-state index contributed by atoms with van der Waals surface area (Å²) in [6.07, 6.45) is 7.90. The number of unbranched alkanes of at least 4 members (excludes halogenated alkanes) is 1. The topological polar surface area (TPSA) is 65.4 Å². The number of amides is 1. The van der Waals surface area contributed by atoms with Crippen LogP contribution in [0.3, 0.4) is 0 Å². The molecule has 1 fully saturated rings. The molecule has 0 aromatic rings. The molecule has 5 heteroatoms. The molecule has 1 heterocycles. The maximum atomic E-state index is 12.1. The smallest absolute Gasteiger partial charge is 0.265 e. The quantitative estimate of drug-likeness (QED) is 0.402. The van der Waals surface area contributed by atoms with E-state index in [1.165, 1.54) is 6.42 Å². The Bertz CT molecular complexity index is 368. The van der Waals surface area contributed by atoms with Gasteiger partial charge in [0.2, 0.25) is 0 Å². The average Bonchev–Trinajstić information content (AvgIpc) is 2.54. The summed E-state index contributed by atoms with van der Waals surface area (Å²) in [5, 5.41) is 12.1. The lowest BCUT2D eigenvalue weighted by atomic mass is 10.1. The molecule has 0 aromatic heterocycles. The average molecular weight is 293 g/mol. The number of nitriles is 1. The predicted octanol–water partition coefficient (Wildman–Crippen LogP) is 2.20. The van der Waals surface area contributed by atoms with Crippen LogP contribution >= 0.6 is 0 Å². The number of nitrogens with zero attached hydrogens (tertiary/aromatic N) is 2. The van der Waals surface area contributed by atoms with Gasteiger partial charge in [-0.25, -0.2) is 0 Å². The summed E-state index contributed by atoms with van der Waals surface area (Å²) in [6, 6.07) is 1.99. The predicted molar refractivity (Wildman–Crippen MR) is 82.5 cm³/mol. The Morgan fingerprint density at radius 2 is 2.00 bits per heavy atom. The van der Waals surface area contributed by atoms with Crippen LogP contribution in [-0.4, -0.2) is 43.7 Å². The van der Waals surface area contributed by atoms with Gasteiger partial charge in [-0.15, -0.1) is 0 Å². The second-order valence-electron chi connectivity index (χ2n) is 5.30. The molecule has 21 heavy (non-hydrogen) atoms. The van der Waals surface area contributed by atoms with Gasteiger partial charge in [0.25, 0.3) is 5.91 Å². The molecule has 0 atom stereocenters. The number of nitrogens with one attached hydrogen (secondary N) is 1. The van der Waals surface area contributed by atoms with Crippen LogP contribution in [-0.2, 0) is 9.53 Å². The number of carbonyl (C=O) groups is 1. The van der Waals surface area contributed by atoms with E-state index in [0.29, 0.717) is 13.2 Å². The number of ether oxygens (including phenoxy) is 1. The van der Waals surface area contributed by atoms with E-state index in [0.717, 1.165) is 51.8 Å². The molecular weight excluding hydrogens is 266 g/mol. The van der Waals surface area contributed by atoms with Crippen LogP contribution in [0, 0.1) is 11.3 Å². The summed E-state index contributed by atoms with van der Waals surface area (Å²) >= 11 is 0. The summed E-state index contributed by atoms with van der Waals surface area (Å²) in [7, 11) is 0. The molecule has 118 valence electrons. The molecule has 1 aliphatic heterocycles. The molecular formula is C16H27N3O2. The minimum Gasteiger partial charge on any atom is -0.390 e. The van der Waals surface area contributed by atoms with Gasteiger partial charge in [0.05, 0.1) is 0 Å². The largest absolute Gasteiger partial charge is 0.390 e. The lowest BCUT2D eigenvalue weighted by Gasteiger charge is -2.26. The summed E-state index contributed by atoms with van der Waals surface area (Å²) < 4.78 is 5.45. The molecule has 0 unspecified atom stereocenters. The van der Waals surface area contributed by atoms with Crippen molar-refractivity contribution in [2.45, 2.75) is 45.4 Å². The Balaban J connectivity index is 2.22. The fourth-order valence-electron chi connectivity index (χ4n) is 2.21. The second-order valence-corrected chi connectivity index (χ2v) is 5.30.